The van der Waals surface area contributed by atoms with Crippen molar-refractivity contribution in [2.75, 3.05) is 26.4 Å². The molecule has 0 aromatic rings. The molecule has 124 valence electrons. The molecule has 0 saturated heterocycles. The molecule has 0 atom stereocenters. The van der Waals surface area contributed by atoms with Crippen molar-refractivity contribution < 1.29 is 29.3 Å². The van der Waals surface area contributed by atoms with E-state index >= 15 is 0 Å². The van der Waals surface area contributed by atoms with Crippen molar-refractivity contribution in [1.29, 1.82) is 0 Å². The number of carbonyl (C=O) groups is 2. The molecule has 21 heavy (non-hydrogen) atoms. The highest BCUT2D eigenvalue weighted by molar-refractivity contribution is 6.00. The van der Waals surface area contributed by atoms with Crippen LogP contribution >= 0.6 is 0 Å². The van der Waals surface area contributed by atoms with E-state index in [-0.39, 0.29) is 39.3 Å². The van der Waals surface area contributed by atoms with E-state index in [0.717, 1.165) is 0 Å². The number of hydrogen-bond donors (Lipinski definition) is 2. The Bertz CT molecular complexity index is 323. The van der Waals surface area contributed by atoms with Crippen molar-refractivity contribution >= 4 is 11.9 Å². The Labute approximate surface area is 126 Å². The fourth-order valence-corrected chi connectivity index (χ4v) is 2.00. The first-order chi connectivity index (χ1) is 9.91. The quantitative estimate of drug-likeness (QED) is 0.466. The van der Waals surface area contributed by atoms with Gasteiger partial charge in [-0.1, -0.05) is 20.8 Å². The Hall–Kier alpha value is -1.14. The number of aliphatic hydroxyl groups is 2. The number of carbonyl (C=O) groups excluding carboxylic acids is 2. The Morgan fingerprint density at radius 3 is 1.67 bits per heavy atom. The highest BCUT2D eigenvalue weighted by Crippen LogP contribution is 2.31. The topological polar surface area (TPSA) is 93.1 Å². The largest absolute Gasteiger partial charge is 0.465 e. The average Bonchev–Trinajstić information content (AvgIpc) is 2.51. The van der Waals surface area contributed by atoms with Crippen LogP contribution in [0.5, 0.6) is 0 Å². The van der Waals surface area contributed by atoms with Gasteiger partial charge in [0.25, 0.3) is 0 Å². The summed E-state index contributed by atoms with van der Waals surface area (Å²) in [5.41, 5.74) is -2.20. The Balaban J connectivity index is 5.04. The normalized spacial score (nSPS) is 12.1. The van der Waals surface area contributed by atoms with Gasteiger partial charge in [-0.2, -0.15) is 0 Å². The van der Waals surface area contributed by atoms with Gasteiger partial charge in [-0.15, -0.1) is 0 Å². The van der Waals surface area contributed by atoms with Crippen molar-refractivity contribution in [2.45, 2.75) is 47.0 Å². The minimum Gasteiger partial charge on any atom is -0.465 e. The maximum absolute atomic E-state index is 12.4. The first kappa shape index (κ1) is 19.9. The molecule has 0 aliphatic carbocycles. The van der Waals surface area contributed by atoms with Gasteiger partial charge in [0.05, 0.1) is 25.2 Å². The summed E-state index contributed by atoms with van der Waals surface area (Å²) in [6.45, 7) is 6.41. The molecule has 0 radical (unpaired) electrons. The van der Waals surface area contributed by atoms with Gasteiger partial charge in [0, 0.05) is 0 Å². The number of ether oxygens (including phenoxy) is 2. The van der Waals surface area contributed by atoms with Gasteiger partial charge in [0.1, 0.15) is 6.61 Å². The second kappa shape index (κ2) is 9.00. The van der Waals surface area contributed by atoms with Crippen molar-refractivity contribution in [3.8, 4) is 0 Å². The van der Waals surface area contributed by atoms with Crippen LogP contribution in [0.4, 0.5) is 0 Å². The van der Waals surface area contributed by atoms with Crippen LogP contribution in [0.25, 0.3) is 0 Å². The Kier molecular flexibility index (Phi) is 8.51. The van der Waals surface area contributed by atoms with Crippen LogP contribution in [0.3, 0.4) is 0 Å². The maximum atomic E-state index is 12.4. The van der Waals surface area contributed by atoms with Crippen LogP contribution in [-0.2, 0) is 19.1 Å². The second-order valence-corrected chi connectivity index (χ2v) is 5.26. The monoisotopic (exact) mass is 304 g/mol. The summed E-state index contributed by atoms with van der Waals surface area (Å²) < 4.78 is 10.2. The van der Waals surface area contributed by atoms with Gasteiger partial charge in [-0.3, -0.25) is 9.59 Å². The highest BCUT2D eigenvalue weighted by atomic mass is 16.6. The van der Waals surface area contributed by atoms with E-state index in [0.29, 0.717) is 6.42 Å². The molecule has 0 aromatic carbocycles. The third-order valence-electron chi connectivity index (χ3n) is 4.19. The van der Waals surface area contributed by atoms with Crippen LogP contribution in [0.1, 0.15) is 47.0 Å². The first-order valence-electron chi connectivity index (χ1n) is 7.48. The van der Waals surface area contributed by atoms with E-state index in [1.54, 1.807) is 27.7 Å². The fourth-order valence-electron chi connectivity index (χ4n) is 2.00. The summed E-state index contributed by atoms with van der Waals surface area (Å²) in [7, 11) is 0. The van der Waals surface area contributed by atoms with Crippen LogP contribution in [-0.4, -0.2) is 48.6 Å². The van der Waals surface area contributed by atoms with E-state index in [2.05, 4.69) is 0 Å². The molecule has 0 heterocycles. The summed E-state index contributed by atoms with van der Waals surface area (Å²) >= 11 is 0. The molecule has 0 unspecified atom stereocenters. The van der Waals surface area contributed by atoms with Gasteiger partial charge in [-0.25, -0.2) is 0 Å². The third kappa shape index (κ3) is 4.41. The van der Waals surface area contributed by atoms with Gasteiger partial charge in [0.2, 0.25) is 0 Å². The Morgan fingerprint density at radius 1 is 0.857 bits per heavy atom. The molecular formula is C15H28O6. The molecule has 0 aliphatic heterocycles. The standard InChI is InChI=1S/C15H28O6/c1-5-14(9-16,10-17)11-21-13(19)15(6-2,7-3)12(18)20-8-4/h16-17H,5-11H2,1-4H3. The summed E-state index contributed by atoms with van der Waals surface area (Å²) in [6, 6.07) is 0. The zero-order valence-electron chi connectivity index (χ0n) is 13.5. The lowest BCUT2D eigenvalue weighted by Gasteiger charge is -2.31. The number of hydrogen-bond acceptors (Lipinski definition) is 6. The molecule has 6 nitrogen and oxygen atoms in total. The number of esters is 2. The molecule has 0 spiro atoms. The van der Waals surface area contributed by atoms with E-state index in [1.807, 2.05) is 0 Å². The van der Waals surface area contributed by atoms with E-state index in [4.69, 9.17) is 9.47 Å². The van der Waals surface area contributed by atoms with Gasteiger partial charge >= 0.3 is 11.9 Å². The molecule has 0 amide bonds. The van der Waals surface area contributed by atoms with Crippen molar-refractivity contribution in [3.63, 3.8) is 0 Å². The van der Waals surface area contributed by atoms with Gasteiger partial charge in [-0.05, 0) is 26.2 Å². The predicted molar refractivity (Wildman–Crippen MR) is 77.5 cm³/mol. The maximum Gasteiger partial charge on any atom is 0.323 e. The van der Waals surface area contributed by atoms with Crippen molar-refractivity contribution in [2.24, 2.45) is 10.8 Å². The van der Waals surface area contributed by atoms with E-state index < -0.39 is 22.8 Å². The number of aliphatic hydroxyl groups excluding tert-OH is 2. The molecule has 2 N–H and O–H groups in total. The van der Waals surface area contributed by atoms with Crippen LogP contribution in [0.2, 0.25) is 0 Å². The Morgan fingerprint density at radius 2 is 1.33 bits per heavy atom. The molecule has 0 aromatic heterocycles. The molecule has 6 heteroatoms. The summed E-state index contributed by atoms with van der Waals surface area (Å²) in [5, 5.41) is 18.7. The fraction of sp³-hybridized carbons (Fsp3) is 0.867. The minimum atomic E-state index is -1.32. The minimum absolute atomic E-state index is 0.128. The van der Waals surface area contributed by atoms with Crippen LogP contribution in [0, 0.1) is 10.8 Å². The van der Waals surface area contributed by atoms with Crippen molar-refractivity contribution in [3.05, 3.63) is 0 Å². The number of rotatable bonds is 10. The summed E-state index contributed by atoms with van der Waals surface area (Å²) in [6.07, 6.45) is 1.01. The SMILES string of the molecule is CCOC(=O)C(CC)(CC)C(=O)OCC(CC)(CO)CO. The molecule has 0 aliphatic rings. The molecule has 0 bridgehead atoms. The summed E-state index contributed by atoms with van der Waals surface area (Å²) in [5.74, 6) is -1.25. The molecule has 0 rings (SSSR count). The smallest absolute Gasteiger partial charge is 0.323 e. The lowest BCUT2D eigenvalue weighted by molar-refractivity contribution is -0.176. The van der Waals surface area contributed by atoms with Gasteiger partial charge in [0.15, 0.2) is 5.41 Å². The van der Waals surface area contributed by atoms with E-state index in [9.17, 15) is 19.8 Å². The lowest BCUT2D eigenvalue weighted by Crippen LogP contribution is -2.44. The van der Waals surface area contributed by atoms with Crippen molar-refractivity contribution in [1.82, 2.24) is 0 Å². The van der Waals surface area contributed by atoms with E-state index in [1.165, 1.54) is 0 Å². The molecule has 0 fully saturated rings. The van der Waals surface area contributed by atoms with Crippen LogP contribution < -0.4 is 0 Å². The molecule has 0 saturated carbocycles. The first-order valence-corrected chi connectivity index (χ1v) is 7.48. The lowest BCUT2D eigenvalue weighted by atomic mass is 9.82. The zero-order chi connectivity index (χ0) is 16.5. The highest BCUT2D eigenvalue weighted by Gasteiger charge is 2.46. The predicted octanol–water partition coefficient (Wildman–Crippen LogP) is 1.28. The molecular weight excluding hydrogens is 276 g/mol. The zero-order valence-corrected chi connectivity index (χ0v) is 13.5. The average molecular weight is 304 g/mol. The van der Waals surface area contributed by atoms with Crippen LogP contribution in [0.15, 0.2) is 0 Å². The summed E-state index contributed by atoms with van der Waals surface area (Å²) in [4.78, 5) is 24.4. The van der Waals surface area contributed by atoms with Gasteiger partial charge < -0.3 is 19.7 Å². The third-order valence-corrected chi connectivity index (χ3v) is 4.19. The second-order valence-electron chi connectivity index (χ2n) is 5.26.